The zero-order chi connectivity index (χ0) is 44.5. The molecule has 0 aliphatic heterocycles. The number of esters is 1. The van der Waals surface area contributed by atoms with Crippen LogP contribution in [0.25, 0.3) is 0 Å². The van der Waals surface area contributed by atoms with Gasteiger partial charge >= 0.3 is 5.97 Å². The molecule has 0 rings (SSSR count). The standard InChI is InChI=1S/C55H95NO5/c1-4-7-10-13-16-19-22-24-26-27-29-31-33-36-39-42-45-48-55(60)61-51(46-43-40-37-34-32-30-28-25-23-20-17-14-11-8-5-2)49-54(59)56-52(50-57)53(58)47-44-41-38-35-21-18-15-12-9-6-3/h7,10,16-17,19-20,24-26,28-29,31,36,39,51-53,57-58H,4-6,8-9,11-15,18,21-23,27,30,32-35,37-38,40-50H2,1-3H3,(H,56,59)/b10-7-,19-16-,20-17-,26-24-,28-25-,31-29-,39-36-. The molecule has 0 radical (unpaired) electrons. The molecule has 3 N–H and O–H groups in total. The van der Waals surface area contributed by atoms with Crippen LogP contribution in [-0.2, 0) is 14.3 Å². The largest absolute Gasteiger partial charge is 0.462 e. The molecule has 3 unspecified atom stereocenters. The van der Waals surface area contributed by atoms with Crippen molar-refractivity contribution in [3.63, 3.8) is 0 Å². The first kappa shape index (κ1) is 58.0. The molecule has 0 spiro atoms. The van der Waals surface area contributed by atoms with E-state index in [0.717, 1.165) is 96.3 Å². The number of ether oxygens (including phenoxy) is 1. The maximum absolute atomic E-state index is 13.2. The third kappa shape index (κ3) is 43.5. The summed E-state index contributed by atoms with van der Waals surface area (Å²) in [7, 11) is 0. The Morgan fingerprint density at radius 2 is 0.885 bits per heavy atom. The second kappa shape index (κ2) is 48.1. The number of hydrogen-bond acceptors (Lipinski definition) is 5. The molecule has 3 atom stereocenters. The number of nitrogens with one attached hydrogen (secondary N) is 1. The molecule has 0 heterocycles. The predicted octanol–water partition coefficient (Wildman–Crippen LogP) is 15.2. The van der Waals surface area contributed by atoms with Crippen LogP contribution >= 0.6 is 0 Å². The number of aliphatic hydroxyl groups is 2. The molecule has 0 aliphatic carbocycles. The van der Waals surface area contributed by atoms with Crippen LogP contribution in [-0.4, -0.2) is 46.9 Å². The first-order chi connectivity index (χ1) is 30.0. The minimum atomic E-state index is -0.804. The van der Waals surface area contributed by atoms with Gasteiger partial charge in [0.1, 0.15) is 6.10 Å². The molecular formula is C55H95NO5. The van der Waals surface area contributed by atoms with E-state index in [1.165, 1.54) is 77.0 Å². The van der Waals surface area contributed by atoms with E-state index in [9.17, 15) is 19.8 Å². The average Bonchev–Trinajstić information content (AvgIpc) is 3.25. The maximum Gasteiger partial charge on any atom is 0.306 e. The fourth-order valence-corrected chi connectivity index (χ4v) is 7.14. The summed E-state index contributed by atoms with van der Waals surface area (Å²) in [6.45, 7) is 6.31. The first-order valence-electron chi connectivity index (χ1n) is 25.3. The Morgan fingerprint density at radius 1 is 0.492 bits per heavy atom. The van der Waals surface area contributed by atoms with E-state index in [-0.39, 0.29) is 24.9 Å². The lowest BCUT2D eigenvalue weighted by molar-refractivity contribution is -0.151. The van der Waals surface area contributed by atoms with Crippen molar-refractivity contribution in [1.29, 1.82) is 0 Å². The second-order valence-electron chi connectivity index (χ2n) is 16.8. The third-order valence-electron chi connectivity index (χ3n) is 11.0. The van der Waals surface area contributed by atoms with Crippen molar-refractivity contribution in [2.75, 3.05) is 6.61 Å². The molecular weight excluding hydrogens is 755 g/mol. The van der Waals surface area contributed by atoms with E-state index < -0.39 is 18.2 Å². The SMILES string of the molecule is CC/C=C\C/C=C\C/C=C\C/C=C\C/C=C\CCCC(=O)OC(CCCCCCC/C=C\C/C=C\CCCCC)CC(=O)NC(CO)C(O)CCCCCCCCCCCC. The van der Waals surface area contributed by atoms with Crippen LogP contribution in [0, 0.1) is 0 Å². The number of carbonyl (C=O) groups is 2. The number of rotatable bonds is 44. The van der Waals surface area contributed by atoms with E-state index in [1.54, 1.807) is 0 Å². The molecule has 350 valence electrons. The highest BCUT2D eigenvalue weighted by Crippen LogP contribution is 2.17. The van der Waals surface area contributed by atoms with Crippen LogP contribution in [0.3, 0.4) is 0 Å². The van der Waals surface area contributed by atoms with Crippen LogP contribution in [0.5, 0.6) is 0 Å². The number of unbranched alkanes of at least 4 members (excludes halogenated alkanes) is 18. The van der Waals surface area contributed by atoms with Crippen LogP contribution in [0.15, 0.2) is 85.1 Å². The van der Waals surface area contributed by atoms with Crippen molar-refractivity contribution < 1.29 is 24.5 Å². The number of amides is 1. The summed E-state index contributed by atoms with van der Waals surface area (Å²) in [5.74, 6) is -0.562. The van der Waals surface area contributed by atoms with Crippen molar-refractivity contribution in [3.8, 4) is 0 Å². The molecule has 0 fully saturated rings. The Hall–Kier alpha value is -2.96. The van der Waals surface area contributed by atoms with Gasteiger partial charge in [0, 0.05) is 6.42 Å². The maximum atomic E-state index is 13.2. The first-order valence-corrected chi connectivity index (χ1v) is 25.3. The predicted molar refractivity (Wildman–Crippen MR) is 264 cm³/mol. The normalized spacial score (nSPS) is 14.0. The van der Waals surface area contributed by atoms with Gasteiger partial charge in [0.15, 0.2) is 0 Å². The van der Waals surface area contributed by atoms with Crippen molar-refractivity contribution in [2.24, 2.45) is 0 Å². The summed E-state index contributed by atoms with van der Waals surface area (Å²) in [6.07, 6.45) is 62.1. The van der Waals surface area contributed by atoms with Gasteiger partial charge in [-0.2, -0.15) is 0 Å². The lowest BCUT2D eigenvalue weighted by Crippen LogP contribution is -2.46. The Kier molecular flexibility index (Phi) is 45.7. The van der Waals surface area contributed by atoms with Gasteiger partial charge in [0.2, 0.25) is 5.91 Å². The number of aliphatic hydroxyl groups excluding tert-OH is 2. The quantitative estimate of drug-likeness (QED) is 0.0322. The monoisotopic (exact) mass is 850 g/mol. The summed E-state index contributed by atoms with van der Waals surface area (Å²) in [6, 6.07) is -0.721. The van der Waals surface area contributed by atoms with Gasteiger partial charge in [0.05, 0.1) is 25.2 Å². The van der Waals surface area contributed by atoms with Gasteiger partial charge in [-0.25, -0.2) is 0 Å². The van der Waals surface area contributed by atoms with E-state index >= 15 is 0 Å². The average molecular weight is 850 g/mol. The molecule has 0 aromatic heterocycles. The summed E-state index contributed by atoms with van der Waals surface area (Å²) >= 11 is 0. The summed E-state index contributed by atoms with van der Waals surface area (Å²) in [4.78, 5) is 26.1. The molecule has 0 aliphatic rings. The van der Waals surface area contributed by atoms with Crippen molar-refractivity contribution >= 4 is 11.9 Å². The highest BCUT2D eigenvalue weighted by molar-refractivity contribution is 5.77. The highest BCUT2D eigenvalue weighted by Gasteiger charge is 2.24. The van der Waals surface area contributed by atoms with Gasteiger partial charge in [-0.3, -0.25) is 9.59 Å². The Balaban J connectivity index is 4.73. The van der Waals surface area contributed by atoms with Crippen LogP contribution in [0.4, 0.5) is 0 Å². The highest BCUT2D eigenvalue weighted by atomic mass is 16.5. The number of carbonyl (C=O) groups excluding carboxylic acids is 2. The fourth-order valence-electron chi connectivity index (χ4n) is 7.14. The van der Waals surface area contributed by atoms with Crippen molar-refractivity contribution in [2.45, 2.75) is 244 Å². The Labute approximate surface area is 376 Å². The lowest BCUT2D eigenvalue weighted by Gasteiger charge is -2.24. The zero-order valence-electron chi connectivity index (χ0n) is 39.8. The van der Waals surface area contributed by atoms with Crippen molar-refractivity contribution in [3.05, 3.63) is 85.1 Å². The molecule has 0 saturated heterocycles. The smallest absolute Gasteiger partial charge is 0.306 e. The van der Waals surface area contributed by atoms with E-state index in [1.807, 2.05) is 0 Å². The van der Waals surface area contributed by atoms with E-state index in [2.05, 4.69) is 111 Å². The minimum Gasteiger partial charge on any atom is -0.462 e. The van der Waals surface area contributed by atoms with Gasteiger partial charge in [-0.1, -0.05) is 202 Å². The lowest BCUT2D eigenvalue weighted by atomic mass is 10.0. The van der Waals surface area contributed by atoms with Gasteiger partial charge in [0.25, 0.3) is 0 Å². The van der Waals surface area contributed by atoms with Gasteiger partial charge in [-0.15, -0.1) is 0 Å². The van der Waals surface area contributed by atoms with E-state index in [0.29, 0.717) is 25.7 Å². The Bertz CT molecular complexity index is 1180. The van der Waals surface area contributed by atoms with Crippen LogP contribution in [0.2, 0.25) is 0 Å². The van der Waals surface area contributed by atoms with Crippen LogP contribution in [0.1, 0.15) is 226 Å². The number of allylic oxidation sites excluding steroid dienone is 14. The molecule has 0 saturated carbocycles. The molecule has 0 bridgehead atoms. The number of hydrogen-bond donors (Lipinski definition) is 3. The van der Waals surface area contributed by atoms with Gasteiger partial charge in [-0.05, 0) is 96.3 Å². The molecule has 6 nitrogen and oxygen atoms in total. The van der Waals surface area contributed by atoms with Crippen molar-refractivity contribution in [1.82, 2.24) is 5.32 Å². The van der Waals surface area contributed by atoms with Crippen LogP contribution < -0.4 is 5.32 Å². The molecule has 0 aromatic carbocycles. The fraction of sp³-hybridized carbons (Fsp3) is 0.709. The molecule has 0 aromatic rings. The summed E-state index contributed by atoms with van der Waals surface area (Å²) in [5, 5.41) is 23.7. The molecule has 1 amide bonds. The van der Waals surface area contributed by atoms with E-state index in [4.69, 9.17) is 4.74 Å². The summed E-state index contributed by atoms with van der Waals surface area (Å²) < 4.78 is 5.90. The topological polar surface area (TPSA) is 95.9 Å². The van der Waals surface area contributed by atoms with Gasteiger partial charge < -0.3 is 20.3 Å². The zero-order valence-corrected chi connectivity index (χ0v) is 39.8. The Morgan fingerprint density at radius 3 is 1.38 bits per heavy atom. The molecule has 61 heavy (non-hydrogen) atoms. The second-order valence-corrected chi connectivity index (χ2v) is 16.8. The molecule has 6 heteroatoms. The summed E-state index contributed by atoms with van der Waals surface area (Å²) in [5.41, 5.74) is 0. The third-order valence-corrected chi connectivity index (χ3v) is 11.0. The minimum absolute atomic E-state index is 0.0415.